The first kappa shape index (κ1) is 14.7. The molecule has 0 amide bonds. The Kier molecular flexibility index (Phi) is 3.47. The van der Waals surface area contributed by atoms with Crippen molar-refractivity contribution in [1.29, 1.82) is 0 Å². The summed E-state index contributed by atoms with van der Waals surface area (Å²) >= 11 is 5.96. The molecule has 2 aromatic heterocycles. The van der Waals surface area contributed by atoms with E-state index in [4.69, 9.17) is 11.6 Å². The Morgan fingerprint density at radius 2 is 1.88 bits per heavy atom. The molecule has 5 heteroatoms. The first-order valence-electron chi connectivity index (χ1n) is 7.56. The molecular formula is C19H14ClN3O. The third kappa shape index (κ3) is 2.41. The van der Waals surface area contributed by atoms with Crippen LogP contribution >= 0.6 is 11.6 Å². The molecule has 0 saturated heterocycles. The minimum absolute atomic E-state index is 0.117. The number of nitrogens with one attached hydrogen (secondary N) is 1. The minimum atomic E-state index is -0.117. The summed E-state index contributed by atoms with van der Waals surface area (Å²) in [5.41, 5.74) is 4.09. The average molecular weight is 336 g/mol. The number of hydrogen-bond acceptors (Lipinski definition) is 2. The number of halogens is 1. The summed E-state index contributed by atoms with van der Waals surface area (Å²) in [6.07, 6.45) is 1.70. The van der Waals surface area contributed by atoms with E-state index in [0.29, 0.717) is 16.1 Å². The summed E-state index contributed by atoms with van der Waals surface area (Å²) in [7, 11) is 0. The quantitative estimate of drug-likeness (QED) is 0.592. The van der Waals surface area contributed by atoms with Crippen LogP contribution in [0.5, 0.6) is 0 Å². The van der Waals surface area contributed by atoms with Gasteiger partial charge < -0.3 is 0 Å². The van der Waals surface area contributed by atoms with E-state index in [-0.39, 0.29) is 5.56 Å². The second kappa shape index (κ2) is 5.65. The van der Waals surface area contributed by atoms with Gasteiger partial charge in [-0.2, -0.15) is 0 Å². The highest BCUT2D eigenvalue weighted by Crippen LogP contribution is 2.26. The largest absolute Gasteiger partial charge is 0.281 e. The molecule has 118 valence electrons. The van der Waals surface area contributed by atoms with Gasteiger partial charge in [0.25, 0.3) is 5.56 Å². The molecule has 0 aliphatic rings. The van der Waals surface area contributed by atoms with Crippen LogP contribution in [-0.2, 0) is 0 Å². The van der Waals surface area contributed by atoms with Gasteiger partial charge >= 0.3 is 0 Å². The Bertz CT molecular complexity index is 1090. The zero-order valence-electron chi connectivity index (χ0n) is 13.0. The number of aryl methyl sites for hydroxylation is 1. The van der Waals surface area contributed by atoms with Crippen LogP contribution in [0.15, 0.2) is 65.6 Å². The second-order valence-electron chi connectivity index (χ2n) is 5.68. The lowest BCUT2D eigenvalue weighted by Crippen LogP contribution is -2.14. The Balaban J connectivity index is 1.98. The molecule has 0 fully saturated rings. The summed E-state index contributed by atoms with van der Waals surface area (Å²) < 4.78 is 1.53. The minimum Gasteiger partial charge on any atom is -0.274 e. The highest BCUT2D eigenvalue weighted by Gasteiger charge is 2.14. The highest BCUT2D eigenvalue weighted by atomic mass is 35.5. The molecular weight excluding hydrogens is 322 g/mol. The van der Waals surface area contributed by atoms with Crippen LogP contribution < -0.4 is 5.56 Å². The number of nitrogens with zero attached hydrogens (tertiary/aromatic N) is 2. The Labute approximate surface area is 143 Å². The summed E-state index contributed by atoms with van der Waals surface area (Å²) in [5, 5.41) is 4.33. The molecule has 0 aliphatic heterocycles. The van der Waals surface area contributed by atoms with Crippen molar-refractivity contribution < 1.29 is 0 Å². The zero-order chi connectivity index (χ0) is 16.7. The molecule has 4 rings (SSSR count). The van der Waals surface area contributed by atoms with Gasteiger partial charge in [0.05, 0.1) is 11.1 Å². The van der Waals surface area contributed by atoms with Crippen LogP contribution in [0, 0.1) is 6.92 Å². The van der Waals surface area contributed by atoms with Crippen LogP contribution in [0.1, 0.15) is 5.56 Å². The third-order valence-electron chi connectivity index (χ3n) is 4.00. The number of hydrogen-bond donors (Lipinski definition) is 1. The van der Waals surface area contributed by atoms with E-state index in [9.17, 15) is 4.79 Å². The summed E-state index contributed by atoms with van der Waals surface area (Å²) in [5.74, 6) is 0. The number of pyridine rings is 1. The van der Waals surface area contributed by atoms with E-state index in [1.807, 2.05) is 61.5 Å². The molecule has 0 bridgehead atoms. The van der Waals surface area contributed by atoms with Crippen molar-refractivity contribution in [2.24, 2.45) is 0 Å². The Hall–Kier alpha value is -2.85. The Morgan fingerprint density at radius 3 is 2.62 bits per heavy atom. The molecule has 2 aromatic carbocycles. The van der Waals surface area contributed by atoms with Gasteiger partial charge in [0.1, 0.15) is 0 Å². The Morgan fingerprint density at radius 1 is 1.08 bits per heavy atom. The first-order chi connectivity index (χ1) is 11.6. The lowest BCUT2D eigenvalue weighted by atomic mass is 10.0. The number of benzene rings is 2. The molecule has 0 saturated carbocycles. The lowest BCUT2D eigenvalue weighted by molar-refractivity contribution is 0.857. The average Bonchev–Trinajstić information content (AvgIpc) is 2.93. The molecule has 0 atom stereocenters. The van der Waals surface area contributed by atoms with Crippen molar-refractivity contribution in [3.63, 3.8) is 0 Å². The fourth-order valence-electron chi connectivity index (χ4n) is 2.85. The van der Waals surface area contributed by atoms with E-state index < -0.39 is 0 Å². The molecule has 4 nitrogen and oxygen atoms in total. The zero-order valence-corrected chi connectivity index (χ0v) is 13.7. The normalized spacial score (nSPS) is 11.1. The molecule has 0 unspecified atom stereocenters. The molecule has 1 N–H and O–H groups in total. The molecule has 0 radical (unpaired) electrons. The van der Waals surface area contributed by atoms with Gasteiger partial charge in [-0.05, 0) is 53.9 Å². The van der Waals surface area contributed by atoms with Gasteiger partial charge in [-0.15, -0.1) is 0 Å². The summed E-state index contributed by atoms with van der Waals surface area (Å²) in [6.45, 7) is 1.99. The first-order valence-corrected chi connectivity index (χ1v) is 7.94. The van der Waals surface area contributed by atoms with Crippen LogP contribution in [0.2, 0.25) is 5.02 Å². The van der Waals surface area contributed by atoms with E-state index in [2.05, 4.69) is 10.1 Å². The number of rotatable bonds is 2. The smallest absolute Gasteiger partial charge is 0.274 e. The van der Waals surface area contributed by atoms with Crippen molar-refractivity contribution in [3.8, 4) is 16.8 Å². The predicted molar refractivity (Wildman–Crippen MR) is 96.9 cm³/mol. The van der Waals surface area contributed by atoms with Crippen molar-refractivity contribution in [2.45, 2.75) is 6.92 Å². The third-order valence-corrected chi connectivity index (χ3v) is 4.25. The van der Waals surface area contributed by atoms with E-state index in [1.165, 1.54) is 4.68 Å². The number of aromatic amines is 1. The molecule has 24 heavy (non-hydrogen) atoms. The van der Waals surface area contributed by atoms with Crippen LogP contribution in [0.4, 0.5) is 0 Å². The van der Waals surface area contributed by atoms with Gasteiger partial charge in [0.15, 0.2) is 5.65 Å². The SMILES string of the molecule is Cc1cccc(-n2[nH]c3nccc(-c4ccc(Cl)cc4)c3c2=O)c1. The van der Waals surface area contributed by atoms with Crippen LogP contribution in [0.3, 0.4) is 0 Å². The molecule has 4 aromatic rings. The van der Waals surface area contributed by atoms with Gasteiger partial charge in [-0.1, -0.05) is 35.9 Å². The maximum Gasteiger partial charge on any atom is 0.281 e. The summed E-state index contributed by atoms with van der Waals surface area (Å²) in [6, 6.07) is 17.1. The second-order valence-corrected chi connectivity index (χ2v) is 6.12. The molecule has 2 heterocycles. The highest BCUT2D eigenvalue weighted by molar-refractivity contribution is 6.30. The number of aromatic nitrogens is 3. The van der Waals surface area contributed by atoms with Crippen molar-refractivity contribution in [3.05, 3.63) is 81.7 Å². The van der Waals surface area contributed by atoms with E-state index in [1.54, 1.807) is 6.20 Å². The van der Waals surface area contributed by atoms with Gasteiger partial charge in [-0.25, -0.2) is 9.67 Å². The monoisotopic (exact) mass is 335 g/mol. The van der Waals surface area contributed by atoms with Gasteiger partial charge in [-0.3, -0.25) is 9.89 Å². The number of H-pyrrole nitrogens is 1. The van der Waals surface area contributed by atoms with Gasteiger partial charge in [0, 0.05) is 11.2 Å². The van der Waals surface area contributed by atoms with Gasteiger partial charge in [0.2, 0.25) is 0 Å². The van der Waals surface area contributed by atoms with Crippen LogP contribution in [-0.4, -0.2) is 14.8 Å². The lowest BCUT2D eigenvalue weighted by Gasteiger charge is -2.02. The van der Waals surface area contributed by atoms with E-state index in [0.717, 1.165) is 22.4 Å². The van der Waals surface area contributed by atoms with Crippen molar-refractivity contribution in [1.82, 2.24) is 14.8 Å². The predicted octanol–water partition coefficient (Wildman–Crippen LogP) is 4.34. The van der Waals surface area contributed by atoms with Crippen molar-refractivity contribution >= 4 is 22.6 Å². The standard InChI is InChI=1S/C19H14ClN3O/c1-12-3-2-4-15(11-12)23-19(24)17-16(9-10-21-18(17)22-23)13-5-7-14(20)8-6-13/h2-11H,1H3,(H,21,22). The maximum atomic E-state index is 13.0. The fraction of sp³-hybridized carbons (Fsp3) is 0.0526. The van der Waals surface area contributed by atoms with Crippen molar-refractivity contribution in [2.75, 3.05) is 0 Å². The summed E-state index contributed by atoms with van der Waals surface area (Å²) in [4.78, 5) is 17.3. The topological polar surface area (TPSA) is 50.7 Å². The number of fused-ring (bicyclic) bond motifs is 1. The molecule has 0 aliphatic carbocycles. The fourth-order valence-corrected chi connectivity index (χ4v) is 2.98. The van der Waals surface area contributed by atoms with E-state index >= 15 is 0 Å². The maximum absolute atomic E-state index is 13.0. The van der Waals surface area contributed by atoms with Crippen LogP contribution in [0.25, 0.3) is 27.8 Å². The molecule has 0 spiro atoms.